The first-order chi connectivity index (χ1) is 14.1. The van der Waals surface area contributed by atoms with E-state index in [4.69, 9.17) is 4.43 Å². The average molecular weight is 395 g/mol. The molecule has 0 bridgehead atoms. The first-order valence-corrected chi connectivity index (χ1v) is 12.0. The van der Waals surface area contributed by atoms with E-state index in [9.17, 15) is 0 Å². The summed E-state index contributed by atoms with van der Waals surface area (Å²) in [6.07, 6.45) is 0. The maximum Gasteiger partial charge on any atom is 0.288 e. The van der Waals surface area contributed by atoms with Crippen molar-refractivity contribution in [2.24, 2.45) is 0 Å². The van der Waals surface area contributed by atoms with Crippen molar-refractivity contribution in [2.45, 2.75) is 19.4 Å². The summed E-state index contributed by atoms with van der Waals surface area (Å²) in [7, 11) is -2.74. The van der Waals surface area contributed by atoms with Crippen LogP contribution in [0.4, 0.5) is 0 Å². The quantitative estimate of drug-likeness (QED) is 0.343. The van der Waals surface area contributed by atoms with Gasteiger partial charge in [-0.3, -0.25) is 0 Å². The molecular formula is C27H26OSi. The Balaban J connectivity index is 1.98. The van der Waals surface area contributed by atoms with E-state index in [0.717, 1.165) is 0 Å². The van der Waals surface area contributed by atoms with Crippen molar-refractivity contribution in [3.8, 4) is 0 Å². The molecule has 0 saturated carbocycles. The summed E-state index contributed by atoms with van der Waals surface area (Å²) in [5.74, 6) is 0. The molecule has 0 heterocycles. The highest BCUT2D eigenvalue weighted by Crippen LogP contribution is 2.28. The Bertz CT molecular complexity index is 932. The average Bonchev–Trinajstić information content (AvgIpc) is 2.80. The first-order valence-electron chi connectivity index (χ1n) is 10.1. The van der Waals surface area contributed by atoms with Gasteiger partial charge in [-0.25, -0.2) is 0 Å². The summed E-state index contributed by atoms with van der Waals surface area (Å²) >= 11 is 0. The summed E-state index contributed by atoms with van der Waals surface area (Å²) in [6, 6.07) is 42.7. The van der Waals surface area contributed by atoms with Crippen molar-refractivity contribution < 1.29 is 4.43 Å². The first kappa shape index (κ1) is 19.4. The summed E-state index contributed by atoms with van der Waals surface area (Å²) in [6.45, 7) is 4.36. The van der Waals surface area contributed by atoms with Gasteiger partial charge >= 0.3 is 0 Å². The highest BCUT2D eigenvalue weighted by molar-refractivity contribution is 7.07. The zero-order valence-electron chi connectivity index (χ0n) is 17.0. The molecule has 1 nitrogen and oxygen atoms in total. The van der Waals surface area contributed by atoms with E-state index in [0.29, 0.717) is 0 Å². The molecular weight excluding hydrogens is 368 g/mol. The van der Waals surface area contributed by atoms with Crippen molar-refractivity contribution in [1.82, 2.24) is 0 Å². The van der Waals surface area contributed by atoms with Gasteiger partial charge in [-0.1, -0.05) is 121 Å². The van der Waals surface area contributed by atoms with Crippen molar-refractivity contribution in [1.29, 1.82) is 0 Å². The lowest BCUT2D eigenvalue weighted by Gasteiger charge is -2.41. The fourth-order valence-corrected chi connectivity index (χ4v) is 8.20. The van der Waals surface area contributed by atoms with Gasteiger partial charge in [0.25, 0.3) is 8.32 Å². The smallest absolute Gasteiger partial charge is 0.288 e. The molecule has 0 unspecified atom stereocenters. The normalized spacial score (nSPS) is 11.9. The lowest BCUT2D eigenvalue weighted by atomic mass is 9.99. The monoisotopic (exact) mass is 394 g/mol. The molecule has 29 heavy (non-hydrogen) atoms. The van der Waals surface area contributed by atoms with Crippen LogP contribution in [0.5, 0.6) is 0 Å². The maximum atomic E-state index is 7.31. The number of rotatable bonds is 6. The van der Waals surface area contributed by atoms with Gasteiger partial charge in [0, 0.05) is 0 Å². The van der Waals surface area contributed by atoms with Crippen LogP contribution in [0.15, 0.2) is 121 Å². The van der Waals surface area contributed by atoms with E-state index < -0.39 is 13.9 Å². The van der Waals surface area contributed by atoms with Gasteiger partial charge in [0.05, 0.1) is 5.60 Å². The molecule has 144 valence electrons. The Morgan fingerprint density at radius 1 is 0.483 bits per heavy atom. The zero-order chi connectivity index (χ0) is 20.2. The molecule has 4 aromatic rings. The van der Waals surface area contributed by atoms with Crippen LogP contribution in [-0.2, 0) is 10.0 Å². The molecule has 0 aliphatic rings. The molecule has 4 rings (SSSR count). The topological polar surface area (TPSA) is 9.23 Å². The summed E-state index contributed by atoms with van der Waals surface area (Å²) in [4.78, 5) is 0. The van der Waals surface area contributed by atoms with Gasteiger partial charge in [-0.15, -0.1) is 0 Å². The van der Waals surface area contributed by atoms with Crippen LogP contribution in [-0.4, -0.2) is 8.32 Å². The van der Waals surface area contributed by atoms with E-state index >= 15 is 0 Å². The van der Waals surface area contributed by atoms with Crippen molar-refractivity contribution in [3.63, 3.8) is 0 Å². The highest BCUT2D eigenvalue weighted by atomic mass is 28.4. The predicted octanol–water partition coefficient (Wildman–Crippen LogP) is 4.61. The Hall–Kier alpha value is -2.94. The van der Waals surface area contributed by atoms with Crippen LogP contribution in [0.3, 0.4) is 0 Å². The standard InChI is InChI=1S/C27H26OSi/c1-27(2,23-15-7-3-8-16-23)28-29(24-17-9-4-10-18-24,25-19-11-5-12-20-25)26-21-13-6-14-22-26/h3-22H,1-2H3. The predicted molar refractivity (Wildman–Crippen MR) is 125 cm³/mol. The number of hydrogen-bond acceptors (Lipinski definition) is 1. The van der Waals surface area contributed by atoms with Crippen molar-refractivity contribution >= 4 is 23.9 Å². The second kappa shape index (κ2) is 8.20. The highest BCUT2D eigenvalue weighted by Gasteiger charge is 2.46. The largest absolute Gasteiger partial charge is 0.395 e. The molecule has 0 amide bonds. The molecule has 0 spiro atoms. The second-order valence-corrected chi connectivity index (χ2v) is 11.1. The molecule has 4 aromatic carbocycles. The molecule has 0 aliphatic heterocycles. The molecule has 2 heteroatoms. The van der Waals surface area contributed by atoms with Gasteiger partial charge in [0.1, 0.15) is 0 Å². The molecule has 0 fully saturated rings. The van der Waals surface area contributed by atoms with Crippen LogP contribution < -0.4 is 15.6 Å². The molecule has 0 aromatic heterocycles. The van der Waals surface area contributed by atoms with E-state index in [1.54, 1.807) is 0 Å². The second-order valence-electron chi connectivity index (χ2n) is 7.76. The van der Waals surface area contributed by atoms with E-state index in [1.807, 2.05) is 0 Å². The minimum atomic E-state index is -2.74. The summed E-state index contributed by atoms with van der Waals surface area (Å²) in [5, 5.41) is 3.75. The maximum absolute atomic E-state index is 7.31. The van der Waals surface area contributed by atoms with Gasteiger partial charge in [-0.2, -0.15) is 0 Å². The molecule has 0 radical (unpaired) electrons. The van der Waals surface area contributed by atoms with Crippen molar-refractivity contribution in [2.75, 3.05) is 0 Å². The lowest BCUT2D eigenvalue weighted by Crippen LogP contribution is -2.71. The Morgan fingerprint density at radius 3 is 1.14 bits per heavy atom. The number of benzene rings is 4. The third-order valence-corrected chi connectivity index (χ3v) is 9.67. The van der Waals surface area contributed by atoms with E-state index in [1.165, 1.54) is 21.1 Å². The fourth-order valence-electron chi connectivity index (χ4n) is 3.98. The van der Waals surface area contributed by atoms with Crippen LogP contribution in [0.25, 0.3) is 0 Å². The third kappa shape index (κ3) is 3.82. The minimum Gasteiger partial charge on any atom is -0.395 e. The van der Waals surface area contributed by atoms with Crippen LogP contribution in [0, 0.1) is 0 Å². The van der Waals surface area contributed by atoms with Gasteiger partial charge in [0.2, 0.25) is 0 Å². The summed E-state index contributed by atoms with van der Waals surface area (Å²) in [5.41, 5.74) is 0.731. The fraction of sp³-hybridized carbons (Fsp3) is 0.111. The molecule has 0 N–H and O–H groups in total. The van der Waals surface area contributed by atoms with Crippen LogP contribution in [0.1, 0.15) is 19.4 Å². The van der Waals surface area contributed by atoms with E-state index in [2.05, 4.69) is 135 Å². The minimum absolute atomic E-state index is 0.449. The van der Waals surface area contributed by atoms with Gasteiger partial charge < -0.3 is 4.43 Å². The van der Waals surface area contributed by atoms with Gasteiger partial charge in [0.15, 0.2) is 0 Å². The Morgan fingerprint density at radius 2 is 0.793 bits per heavy atom. The number of hydrogen-bond donors (Lipinski definition) is 0. The van der Waals surface area contributed by atoms with Crippen LogP contribution in [0.2, 0.25) is 0 Å². The summed E-state index contributed by atoms with van der Waals surface area (Å²) < 4.78 is 7.31. The molecule has 0 saturated heterocycles. The molecule has 0 aliphatic carbocycles. The third-order valence-electron chi connectivity index (χ3n) is 5.42. The van der Waals surface area contributed by atoms with E-state index in [-0.39, 0.29) is 0 Å². The van der Waals surface area contributed by atoms with Crippen molar-refractivity contribution in [3.05, 3.63) is 127 Å². The SMILES string of the molecule is CC(C)(O[Si](c1ccccc1)(c1ccccc1)c1ccccc1)c1ccccc1. The van der Waals surface area contributed by atoms with Crippen LogP contribution >= 0.6 is 0 Å². The van der Waals surface area contributed by atoms with Gasteiger partial charge in [-0.05, 0) is 35.0 Å². The zero-order valence-corrected chi connectivity index (χ0v) is 18.0. The lowest BCUT2D eigenvalue weighted by molar-refractivity contribution is 0.107. The molecule has 0 atom stereocenters. The Kier molecular flexibility index (Phi) is 5.48. The Labute approximate surface area is 174 Å².